The Morgan fingerprint density at radius 1 is 1.20 bits per heavy atom. The van der Waals surface area contributed by atoms with Crippen LogP contribution in [0.5, 0.6) is 11.5 Å². The number of carbonyl (C=O) groups excluding carboxylic acids is 1. The van der Waals surface area contributed by atoms with E-state index in [-0.39, 0.29) is 18.6 Å². The van der Waals surface area contributed by atoms with Gasteiger partial charge in [-0.2, -0.15) is 5.10 Å². The largest absolute Gasteiger partial charge is 0.493 e. The Hall–Kier alpha value is -3.28. The SMILES string of the molecule is COc1cc(C)ccc1OCC(=O)NC1CCCc2c1cnn2Cc1ccccc1. The summed E-state index contributed by atoms with van der Waals surface area (Å²) in [5, 5.41) is 7.71. The molecule has 1 aliphatic carbocycles. The fourth-order valence-electron chi connectivity index (χ4n) is 3.93. The second kappa shape index (κ2) is 9.03. The molecule has 1 unspecified atom stereocenters. The number of methoxy groups -OCH3 is 1. The van der Waals surface area contributed by atoms with Crippen molar-refractivity contribution >= 4 is 5.91 Å². The van der Waals surface area contributed by atoms with E-state index in [0.717, 1.165) is 36.9 Å². The van der Waals surface area contributed by atoms with Crippen molar-refractivity contribution in [1.29, 1.82) is 0 Å². The van der Waals surface area contributed by atoms with Crippen molar-refractivity contribution in [2.75, 3.05) is 13.7 Å². The fourth-order valence-corrected chi connectivity index (χ4v) is 3.93. The minimum absolute atomic E-state index is 0.0331. The van der Waals surface area contributed by atoms with Crippen molar-refractivity contribution in [2.24, 2.45) is 0 Å². The summed E-state index contributed by atoms with van der Waals surface area (Å²) in [5.74, 6) is 1.05. The van der Waals surface area contributed by atoms with E-state index in [0.29, 0.717) is 11.5 Å². The summed E-state index contributed by atoms with van der Waals surface area (Å²) in [6, 6.07) is 15.9. The van der Waals surface area contributed by atoms with Gasteiger partial charge >= 0.3 is 0 Å². The molecule has 3 aromatic rings. The molecule has 0 bridgehead atoms. The number of fused-ring (bicyclic) bond motifs is 1. The maximum atomic E-state index is 12.6. The first-order chi connectivity index (χ1) is 14.6. The molecular weight excluding hydrogens is 378 g/mol. The third kappa shape index (κ3) is 4.48. The summed E-state index contributed by atoms with van der Waals surface area (Å²) in [6.07, 6.45) is 4.80. The molecule has 0 aliphatic heterocycles. The summed E-state index contributed by atoms with van der Waals surface area (Å²) in [4.78, 5) is 12.6. The van der Waals surface area contributed by atoms with Crippen LogP contribution in [0.1, 0.15) is 41.3 Å². The van der Waals surface area contributed by atoms with E-state index in [4.69, 9.17) is 9.47 Å². The number of ether oxygens (including phenoxy) is 2. The molecule has 6 heteroatoms. The molecule has 30 heavy (non-hydrogen) atoms. The summed E-state index contributed by atoms with van der Waals surface area (Å²) in [5.41, 5.74) is 4.61. The van der Waals surface area contributed by atoms with E-state index in [2.05, 4.69) is 27.2 Å². The zero-order chi connectivity index (χ0) is 20.9. The lowest BCUT2D eigenvalue weighted by molar-refractivity contribution is -0.124. The highest BCUT2D eigenvalue weighted by Gasteiger charge is 2.25. The Kier molecular flexibility index (Phi) is 6.02. The maximum Gasteiger partial charge on any atom is 0.258 e. The molecule has 0 saturated heterocycles. The number of hydrogen-bond acceptors (Lipinski definition) is 4. The molecular formula is C24H27N3O3. The molecule has 0 saturated carbocycles. The van der Waals surface area contributed by atoms with Gasteiger partial charge in [0.2, 0.25) is 0 Å². The van der Waals surface area contributed by atoms with Crippen LogP contribution in [-0.4, -0.2) is 29.4 Å². The van der Waals surface area contributed by atoms with E-state index in [1.807, 2.05) is 49.5 Å². The lowest BCUT2D eigenvalue weighted by atomic mass is 9.93. The number of nitrogens with one attached hydrogen (secondary N) is 1. The first-order valence-corrected chi connectivity index (χ1v) is 10.3. The predicted molar refractivity (Wildman–Crippen MR) is 115 cm³/mol. The molecule has 2 aromatic carbocycles. The Morgan fingerprint density at radius 2 is 2.03 bits per heavy atom. The Balaban J connectivity index is 1.40. The van der Waals surface area contributed by atoms with Gasteiger partial charge in [0.25, 0.3) is 5.91 Å². The molecule has 4 rings (SSSR count). The van der Waals surface area contributed by atoms with Crippen LogP contribution in [0.4, 0.5) is 0 Å². The number of aromatic nitrogens is 2. The van der Waals surface area contributed by atoms with Crippen molar-refractivity contribution in [3.63, 3.8) is 0 Å². The molecule has 1 heterocycles. The van der Waals surface area contributed by atoms with Crippen LogP contribution < -0.4 is 14.8 Å². The predicted octanol–water partition coefficient (Wildman–Crippen LogP) is 3.82. The van der Waals surface area contributed by atoms with Crippen LogP contribution in [0.25, 0.3) is 0 Å². The normalized spacial score (nSPS) is 15.3. The van der Waals surface area contributed by atoms with E-state index in [1.165, 1.54) is 11.3 Å². The van der Waals surface area contributed by atoms with Crippen LogP contribution >= 0.6 is 0 Å². The first-order valence-electron chi connectivity index (χ1n) is 10.3. The summed E-state index contributed by atoms with van der Waals surface area (Å²) in [6.45, 7) is 2.67. The Morgan fingerprint density at radius 3 is 2.83 bits per heavy atom. The van der Waals surface area contributed by atoms with Crippen LogP contribution in [0, 0.1) is 6.92 Å². The van der Waals surface area contributed by atoms with Crippen LogP contribution in [0.15, 0.2) is 54.7 Å². The highest BCUT2D eigenvalue weighted by Crippen LogP contribution is 2.30. The average Bonchev–Trinajstić information content (AvgIpc) is 3.17. The molecule has 1 aromatic heterocycles. The standard InChI is InChI=1S/C24H27N3O3/c1-17-11-12-22(23(13-17)29-2)30-16-24(28)26-20-9-6-10-21-19(20)14-25-27(21)15-18-7-4-3-5-8-18/h3-5,7-8,11-14,20H,6,9-10,15-16H2,1-2H3,(H,26,28). The number of nitrogens with zero attached hydrogens (tertiary/aromatic N) is 2. The number of amides is 1. The molecule has 6 nitrogen and oxygen atoms in total. The summed E-state index contributed by atoms with van der Waals surface area (Å²) >= 11 is 0. The topological polar surface area (TPSA) is 65.4 Å². The fraction of sp³-hybridized carbons (Fsp3) is 0.333. The van der Waals surface area contributed by atoms with Crippen molar-refractivity contribution < 1.29 is 14.3 Å². The van der Waals surface area contributed by atoms with Crippen molar-refractivity contribution in [2.45, 2.75) is 38.8 Å². The Bertz CT molecular complexity index is 1010. The van der Waals surface area contributed by atoms with E-state index in [1.54, 1.807) is 7.11 Å². The van der Waals surface area contributed by atoms with E-state index in [9.17, 15) is 4.79 Å². The van der Waals surface area contributed by atoms with Gasteiger partial charge in [0, 0.05) is 11.3 Å². The van der Waals surface area contributed by atoms with Crippen LogP contribution in [0.2, 0.25) is 0 Å². The lowest BCUT2D eigenvalue weighted by Gasteiger charge is -2.24. The van der Waals surface area contributed by atoms with Crippen molar-refractivity contribution in [3.8, 4) is 11.5 Å². The zero-order valence-corrected chi connectivity index (χ0v) is 17.4. The Labute approximate surface area is 176 Å². The van der Waals surface area contributed by atoms with Gasteiger partial charge in [-0.1, -0.05) is 36.4 Å². The number of rotatable bonds is 7. The van der Waals surface area contributed by atoms with Gasteiger partial charge in [0.1, 0.15) is 0 Å². The highest BCUT2D eigenvalue weighted by atomic mass is 16.5. The first kappa shape index (κ1) is 20.0. The number of aryl methyl sites for hydroxylation is 1. The van der Waals surface area contributed by atoms with Crippen LogP contribution in [-0.2, 0) is 17.8 Å². The summed E-state index contributed by atoms with van der Waals surface area (Å²) < 4.78 is 13.1. The average molecular weight is 405 g/mol. The van der Waals surface area contributed by atoms with Gasteiger partial charge in [-0.3, -0.25) is 9.48 Å². The number of carbonyl (C=O) groups is 1. The van der Waals surface area contributed by atoms with Gasteiger partial charge < -0.3 is 14.8 Å². The molecule has 1 amide bonds. The van der Waals surface area contributed by atoms with Crippen molar-refractivity contribution in [3.05, 3.63) is 77.1 Å². The second-order valence-electron chi connectivity index (χ2n) is 7.65. The van der Waals surface area contributed by atoms with Crippen molar-refractivity contribution in [1.82, 2.24) is 15.1 Å². The molecule has 0 fully saturated rings. The third-order valence-electron chi connectivity index (χ3n) is 5.45. The minimum Gasteiger partial charge on any atom is -0.493 e. The highest BCUT2D eigenvalue weighted by molar-refractivity contribution is 5.78. The zero-order valence-electron chi connectivity index (χ0n) is 17.4. The summed E-state index contributed by atoms with van der Waals surface area (Å²) in [7, 11) is 1.60. The van der Waals surface area contributed by atoms with Crippen LogP contribution in [0.3, 0.4) is 0 Å². The monoisotopic (exact) mass is 405 g/mol. The van der Waals surface area contributed by atoms with Gasteiger partial charge in [-0.25, -0.2) is 0 Å². The van der Waals surface area contributed by atoms with E-state index >= 15 is 0 Å². The van der Waals surface area contributed by atoms with Gasteiger partial charge in [0.05, 0.1) is 25.9 Å². The second-order valence-corrected chi connectivity index (χ2v) is 7.65. The smallest absolute Gasteiger partial charge is 0.258 e. The minimum atomic E-state index is -0.147. The van der Waals surface area contributed by atoms with Gasteiger partial charge in [-0.15, -0.1) is 0 Å². The lowest BCUT2D eigenvalue weighted by Crippen LogP contribution is -2.34. The van der Waals surface area contributed by atoms with E-state index < -0.39 is 0 Å². The quantitative estimate of drug-likeness (QED) is 0.649. The molecule has 0 radical (unpaired) electrons. The third-order valence-corrected chi connectivity index (χ3v) is 5.45. The number of benzene rings is 2. The van der Waals surface area contributed by atoms with Gasteiger partial charge in [-0.05, 0) is 49.4 Å². The number of hydrogen-bond donors (Lipinski definition) is 1. The van der Waals surface area contributed by atoms with Gasteiger partial charge in [0.15, 0.2) is 18.1 Å². The maximum absolute atomic E-state index is 12.6. The molecule has 1 N–H and O–H groups in total. The molecule has 0 spiro atoms. The molecule has 1 atom stereocenters. The molecule has 1 aliphatic rings. The molecule has 156 valence electrons.